The van der Waals surface area contributed by atoms with Gasteiger partial charge < -0.3 is 5.11 Å². The minimum Gasteiger partial charge on any atom is -0.507 e. The molecule has 1 heterocycles. The maximum absolute atomic E-state index is 10.2. The van der Waals surface area contributed by atoms with Crippen LogP contribution in [0.3, 0.4) is 0 Å². The molecule has 0 bridgehead atoms. The molecule has 0 saturated heterocycles. The number of aromatic hydroxyl groups is 1. The van der Waals surface area contributed by atoms with Crippen LogP contribution in [0, 0.1) is 0 Å². The first-order chi connectivity index (χ1) is 11.3. The van der Waals surface area contributed by atoms with Crippen LogP contribution in [0.1, 0.15) is 17.5 Å². The highest BCUT2D eigenvalue weighted by Gasteiger charge is 2.15. The number of benzene rings is 3. The summed E-state index contributed by atoms with van der Waals surface area (Å²) in [6.07, 6.45) is 3.97. The summed E-state index contributed by atoms with van der Waals surface area (Å²) in [7, 11) is 0. The first-order valence-corrected chi connectivity index (χ1v) is 7.93. The Balaban J connectivity index is 1.75. The summed E-state index contributed by atoms with van der Waals surface area (Å²) in [5.41, 5.74) is 3.26. The van der Waals surface area contributed by atoms with Crippen molar-refractivity contribution in [2.75, 3.05) is 11.6 Å². The average Bonchev–Trinajstić information content (AvgIpc) is 2.61. The van der Waals surface area contributed by atoms with E-state index in [-0.39, 0.29) is 5.75 Å². The van der Waals surface area contributed by atoms with Gasteiger partial charge >= 0.3 is 0 Å². The van der Waals surface area contributed by atoms with Gasteiger partial charge in [0.2, 0.25) is 0 Å². The van der Waals surface area contributed by atoms with Crippen LogP contribution in [-0.4, -0.2) is 17.9 Å². The van der Waals surface area contributed by atoms with E-state index < -0.39 is 0 Å². The molecule has 0 spiro atoms. The molecule has 1 N–H and O–H groups in total. The number of phenols is 1. The number of hydrogen-bond acceptors (Lipinski definition) is 3. The lowest BCUT2D eigenvalue weighted by molar-refractivity contribution is 0.475. The number of phenolic OH excluding ortho intramolecular Hbond substituents is 1. The highest BCUT2D eigenvalue weighted by atomic mass is 16.3. The molecule has 0 unspecified atom stereocenters. The molecule has 3 nitrogen and oxygen atoms in total. The Morgan fingerprint density at radius 3 is 2.74 bits per heavy atom. The molecule has 1 aliphatic heterocycles. The second-order valence-corrected chi connectivity index (χ2v) is 5.82. The number of rotatable bonds is 2. The average molecular weight is 302 g/mol. The Hall–Kier alpha value is -2.81. The van der Waals surface area contributed by atoms with Gasteiger partial charge in [0.25, 0.3) is 0 Å². The van der Waals surface area contributed by atoms with E-state index in [1.54, 1.807) is 12.3 Å². The van der Waals surface area contributed by atoms with Crippen LogP contribution in [0.2, 0.25) is 0 Å². The number of aryl methyl sites for hydroxylation is 1. The van der Waals surface area contributed by atoms with E-state index >= 15 is 0 Å². The van der Waals surface area contributed by atoms with Gasteiger partial charge in [-0.3, -0.25) is 5.01 Å². The van der Waals surface area contributed by atoms with Gasteiger partial charge in [-0.05, 0) is 41.3 Å². The molecule has 0 aromatic heterocycles. The van der Waals surface area contributed by atoms with Crippen LogP contribution in [-0.2, 0) is 6.42 Å². The van der Waals surface area contributed by atoms with Crippen LogP contribution < -0.4 is 5.01 Å². The Labute approximate surface area is 135 Å². The Morgan fingerprint density at radius 2 is 1.78 bits per heavy atom. The Morgan fingerprint density at radius 1 is 0.957 bits per heavy atom. The summed E-state index contributed by atoms with van der Waals surface area (Å²) >= 11 is 0. The Kier molecular flexibility index (Phi) is 3.46. The van der Waals surface area contributed by atoms with Crippen LogP contribution in [0.25, 0.3) is 10.8 Å². The van der Waals surface area contributed by atoms with Gasteiger partial charge in [0, 0.05) is 12.1 Å². The fourth-order valence-corrected chi connectivity index (χ4v) is 3.18. The minimum absolute atomic E-state index is 0.262. The molecular formula is C20H18N2O. The quantitative estimate of drug-likeness (QED) is 0.715. The molecule has 114 valence electrons. The zero-order valence-corrected chi connectivity index (χ0v) is 12.8. The van der Waals surface area contributed by atoms with Gasteiger partial charge in [-0.15, -0.1) is 0 Å². The van der Waals surface area contributed by atoms with Gasteiger partial charge in [-0.1, -0.05) is 48.5 Å². The molecule has 0 amide bonds. The van der Waals surface area contributed by atoms with Crippen molar-refractivity contribution >= 4 is 22.7 Å². The standard InChI is InChI=1S/C20H18N2O/c23-20-12-11-15-6-1-3-9-17(15)18(20)14-21-22-13-5-8-16-7-2-4-10-19(16)22/h1-4,6-7,9-12,14,23H,5,8,13H2/b21-14+. The van der Waals surface area contributed by atoms with E-state index in [1.807, 2.05) is 41.4 Å². The monoisotopic (exact) mass is 302 g/mol. The third-order valence-corrected chi connectivity index (χ3v) is 4.36. The molecule has 0 radical (unpaired) electrons. The molecule has 3 heteroatoms. The van der Waals surface area contributed by atoms with E-state index in [0.717, 1.165) is 41.4 Å². The van der Waals surface area contributed by atoms with Crippen LogP contribution in [0.5, 0.6) is 5.75 Å². The van der Waals surface area contributed by atoms with Gasteiger partial charge in [0.05, 0.1) is 11.9 Å². The number of hydrazone groups is 1. The van der Waals surface area contributed by atoms with Crippen LogP contribution in [0.4, 0.5) is 5.69 Å². The molecule has 3 aromatic rings. The molecular weight excluding hydrogens is 284 g/mol. The van der Waals surface area contributed by atoms with Crippen molar-refractivity contribution in [2.45, 2.75) is 12.8 Å². The molecule has 0 saturated carbocycles. The maximum Gasteiger partial charge on any atom is 0.125 e. The molecule has 0 atom stereocenters. The molecule has 23 heavy (non-hydrogen) atoms. The van der Waals surface area contributed by atoms with E-state index in [4.69, 9.17) is 0 Å². The smallest absolute Gasteiger partial charge is 0.125 e. The summed E-state index contributed by atoms with van der Waals surface area (Å²) < 4.78 is 0. The fourth-order valence-electron chi connectivity index (χ4n) is 3.18. The lowest BCUT2D eigenvalue weighted by Gasteiger charge is -2.26. The largest absolute Gasteiger partial charge is 0.507 e. The zero-order chi connectivity index (χ0) is 15.6. The number of hydrogen-bond donors (Lipinski definition) is 1. The van der Waals surface area contributed by atoms with Crippen molar-refractivity contribution in [1.29, 1.82) is 0 Å². The predicted octanol–water partition coefficient (Wildman–Crippen LogP) is 4.33. The van der Waals surface area contributed by atoms with E-state index in [0.29, 0.717) is 0 Å². The van der Waals surface area contributed by atoms with Crippen molar-refractivity contribution in [3.8, 4) is 5.75 Å². The molecule has 0 aliphatic carbocycles. The highest BCUT2D eigenvalue weighted by Crippen LogP contribution is 2.28. The molecule has 0 fully saturated rings. The van der Waals surface area contributed by atoms with Crippen molar-refractivity contribution in [3.63, 3.8) is 0 Å². The van der Waals surface area contributed by atoms with Gasteiger partial charge in [0.1, 0.15) is 5.75 Å². The SMILES string of the molecule is Oc1ccc2ccccc2c1/C=N/N1CCCc2ccccc21. The number of para-hydroxylation sites is 1. The van der Waals surface area contributed by atoms with Crippen LogP contribution >= 0.6 is 0 Å². The topological polar surface area (TPSA) is 35.8 Å². The third kappa shape index (κ3) is 2.55. The van der Waals surface area contributed by atoms with Crippen molar-refractivity contribution in [1.82, 2.24) is 0 Å². The lowest BCUT2D eigenvalue weighted by Crippen LogP contribution is -2.24. The number of anilines is 1. The number of fused-ring (bicyclic) bond motifs is 2. The summed E-state index contributed by atoms with van der Waals surface area (Å²) in [5, 5.41) is 19.0. The van der Waals surface area contributed by atoms with Gasteiger partial charge in [-0.2, -0.15) is 5.10 Å². The Bertz CT molecular complexity index is 886. The summed E-state index contributed by atoms with van der Waals surface area (Å²) in [4.78, 5) is 0. The van der Waals surface area contributed by atoms with E-state index in [9.17, 15) is 5.11 Å². The van der Waals surface area contributed by atoms with E-state index in [1.165, 1.54) is 5.56 Å². The molecule has 1 aliphatic rings. The minimum atomic E-state index is 0.262. The number of nitrogens with zero attached hydrogens (tertiary/aromatic N) is 2. The van der Waals surface area contributed by atoms with E-state index in [2.05, 4.69) is 23.3 Å². The maximum atomic E-state index is 10.2. The normalized spacial score (nSPS) is 14.3. The van der Waals surface area contributed by atoms with Crippen molar-refractivity contribution < 1.29 is 5.11 Å². The first-order valence-electron chi connectivity index (χ1n) is 7.93. The van der Waals surface area contributed by atoms with Crippen LogP contribution in [0.15, 0.2) is 65.8 Å². The first kappa shape index (κ1) is 13.8. The zero-order valence-electron chi connectivity index (χ0n) is 12.8. The predicted molar refractivity (Wildman–Crippen MR) is 95.3 cm³/mol. The fraction of sp³-hybridized carbons (Fsp3) is 0.150. The summed E-state index contributed by atoms with van der Waals surface area (Å²) in [5.74, 6) is 0.262. The molecule has 3 aromatic carbocycles. The molecule has 4 rings (SSSR count). The lowest BCUT2D eigenvalue weighted by atomic mass is 10.0. The second-order valence-electron chi connectivity index (χ2n) is 5.82. The van der Waals surface area contributed by atoms with Crippen molar-refractivity contribution in [2.24, 2.45) is 5.10 Å². The van der Waals surface area contributed by atoms with Gasteiger partial charge in [-0.25, -0.2) is 0 Å². The van der Waals surface area contributed by atoms with Gasteiger partial charge in [0.15, 0.2) is 0 Å². The van der Waals surface area contributed by atoms with Crippen molar-refractivity contribution in [3.05, 3.63) is 71.8 Å². The third-order valence-electron chi connectivity index (χ3n) is 4.36. The highest BCUT2D eigenvalue weighted by molar-refractivity contribution is 6.02. The summed E-state index contributed by atoms with van der Waals surface area (Å²) in [6.45, 7) is 0.902. The second kappa shape index (κ2) is 5.76. The summed E-state index contributed by atoms with van der Waals surface area (Å²) in [6, 6.07) is 20.1.